The van der Waals surface area contributed by atoms with Gasteiger partial charge in [-0.15, -0.1) is 0 Å². The van der Waals surface area contributed by atoms with Crippen molar-refractivity contribution >= 4 is 11.9 Å². The van der Waals surface area contributed by atoms with E-state index in [0.29, 0.717) is 6.54 Å². The minimum absolute atomic E-state index is 0.00145. The number of hydrogen-bond acceptors (Lipinski definition) is 7. The molecule has 2 aliphatic rings. The lowest BCUT2D eigenvalue weighted by Gasteiger charge is -2.44. The van der Waals surface area contributed by atoms with Crippen molar-refractivity contribution < 1.29 is 29.3 Å². The number of hydrogen-bond donors (Lipinski definition) is 3. The van der Waals surface area contributed by atoms with Crippen molar-refractivity contribution in [2.75, 3.05) is 32.7 Å². The Bertz CT molecular complexity index is 1690. The molecule has 0 spiro atoms. The zero-order chi connectivity index (χ0) is 34.9. The van der Waals surface area contributed by atoms with Gasteiger partial charge in [0.15, 0.2) is 6.29 Å². The van der Waals surface area contributed by atoms with Crippen molar-refractivity contribution in [1.82, 2.24) is 15.1 Å². The maximum atomic E-state index is 12.2. The van der Waals surface area contributed by atoms with Crippen LogP contribution in [0.4, 0.5) is 0 Å². The third kappa shape index (κ3) is 9.24. The largest absolute Gasteiger partial charge is 0.481 e. The van der Waals surface area contributed by atoms with Crippen molar-refractivity contribution in [1.29, 1.82) is 0 Å². The van der Waals surface area contributed by atoms with Gasteiger partial charge in [0.25, 0.3) is 0 Å². The fourth-order valence-corrected chi connectivity index (χ4v) is 6.83. The number of aliphatic carboxylic acids is 1. The molecule has 2 aliphatic heterocycles. The van der Waals surface area contributed by atoms with E-state index in [2.05, 4.69) is 76.6 Å². The Morgan fingerprint density at radius 1 is 0.760 bits per heavy atom. The quantitative estimate of drug-likeness (QED) is 0.160. The molecule has 50 heavy (non-hydrogen) atoms. The van der Waals surface area contributed by atoms with Crippen molar-refractivity contribution in [2.45, 2.75) is 58.0 Å². The van der Waals surface area contributed by atoms with Gasteiger partial charge in [-0.25, -0.2) is 0 Å². The summed E-state index contributed by atoms with van der Waals surface area (Å²) >= 11 is 0. The Labute approximate surface area is 294 Å². The van der Waals surface area contributed by atoms with Gasteiger partial charge in [-0.05, 0) is 33.4 Å². The van der Waals surface area contributed by atoms with Gasteiger partial charge in [-0.3, -0.25) is 19.4 Å². The molecule has 6 rings (SSSR count). The standard InChI is InChI=1S/C41H47N3O6/c1-29-37(27-44-23-21-43(22-24-44)26-30-7-3-2-4-8-30)49-41(50-40(29)33-13-11-31(28-45)12-14-33)34-17-15-32(16-18-34)36-10-6-5-9-35(36)25-42-38(46)19-20-39(47)48/h2-18,29,37,40-41,45H,19-28H2,1H3,(H,42,46)(H,47,48). The summed E-state index contributed by atoms with van der Waals surface area (Å²) in [5.41, 5.74) is 7.13. The number of nitrogens with zero attached hydrogens (tertiary/aromatic N) is 2. The smallest absolute Gasteiger partial charge is 0.303 e. The molecule has 9 heteroatoms. The summed E-state index contributed by atoms with van der Waals surface area (Å²) in [7, 11) is 0. The molecule has 9 nitrogen and oxygen atoms in total. The van der Waals surface area contributed by atoms with Gasteiger partial charge < -0.3 is 25.0 Å². The van der Waals surface area contributed by atoms with Crippen LogP contribution in [0.15, 0.2) is 103 Å². The number of carbonyl (C=O) groups is 2. The number of benzene rings is 4. The molecule has 0 radical (unpaired) electrons. The molecule has 4 aromatic carbocycles. The molecule has 2 heterocycles. The van der Waals surface area contributed by atoms with E-state index in [1.807, 2.05) is 48.5 Å². The summed E-state index contributed by atoms with van der Waals surface area (Å²) < 4.78 is 13.5. The van der Waals surface area contributed by atoms with Crippen molar-refractivity contribution in [3.63, 3.8) is 0 Å². The van der Waals surface area contributed by atoms with E-state index >= 15 is 0 Å². The highest BCUT2D eigenvalue weighted by Crippen LogP contribution is 2.42. The predicted molar refractivity (Wildman–Crippen MR) is 192 cm³/mol. The zero-order valence-corrected chi connectivity index (χ0v) is 28.6. The first-order valence-electron chi connectivity index (χ1n) is 17.5. The van der Waals surface area contributed by atoms with Crippen LogP contribution in [0, 0.1) is 5.92 Å². The van der Waals surface area contributed by atoms with Crippen LogP contribution in [-0.2, 0) is 38.8 Å². The summed E-state index contributed by atoms with van der Waals surface area (Å²) in [5, 5.41) is 21.4. The highest BCUT2D eigenvalue weighted by atomic mass is 16.7. The van der Waals surface area contributed by atoms with Crippen molar-refractivity contribution in [3.05, 3.63) is 131 Å². The highest BCUT2D eigenvalue weighted by molar-refractivity contribution is 5.80. The van der Waals surface area contributed by atoms with E-state index < -0.39 is 12.3 Å². The number of carboxylic acids is 1. The van der Waals surface area contributed by atoms with Crippen molar-refractivity contribution in [3.8, 4) is 11.1 Å². The molecule has 2 fully saturated rings. The Kier molecular flexibility index (Phi) is 12.1. The predicted octanol–water partition coefficient (Wildman–Crippen LogP) is 5.94. The van der Waals surface area contributed by atoms with Crippen LogP contribution in [0.5, 0.6) is 0 Å². The second kappa shape index (κ2) is 17.0. The molecule has 0 bridgehead atoms. The molecular formula is C41H47N3O6. The number of ether oxygens (including phenoxy) is 2. The van der Waals surface area contributed by atoms with Crippen molar-refractivity contribution in [2.24, 2.45) is 5.92 Å². The van der Waals surface area contributed by atoms with Gasteiger partial charge in [0.1, 0.15) is 0 Å². The molecule has 1 amide bonds. The minimum atomic E-state index is -0.990. The first-order chi connectivity index (χ1) is 24.4. The Morgan fingerprint density at radius 2 is 1.42 bits per heavy atom. The van der Waals surface area contributed by atoms with Crippen LogP contribution in [0.2, 0.25) is 0 Å². The Balaban J connectivity index is 1.15. The van der Waals surface area contributed by atoms with Gasteiger partial charge in [0, 0.05) is 63.7 Å². The van der Waals surface area contributed by atoms with Crippen LogP contribution in [0.3, 0.4) is 0 Å². The average molecular weight is 678 g/mol. The molecule has 0 aromatic heterocycles. The second-order valence-corrected chi connectivity index (χ2v) is 13.3. The van der Waals surface area contributed by atoms with E-state index in [0.717, 1.165) is 72.6 Å². The summed E-state index contributed by atoms with van der Waals surface area (Å²) in [4.78, 5) is 28.1. The summed E-state index contributed by atoms with van der Waals surface area (Å²) in [6.07, 6.45) is -1.04. The van der Waals surface area contributed by atoms with Crippen LogP contribution >= 0.6 is 0 Å². The molecule has 4 aromatic rings. The van der Waals surface area contributed by atoms with Gasteiger partial charge in [0.2, 0.25) is 5.91 Å². The third-order valence-corrected chi connectivity index (χ3v) is 9.83. The average Bonchev–Trinajstić information content (AvgIpc) is 3.15. The number of carbonyl (C=O) groups excluding carboxylic acids is 1. The van der Waals surface area contributed by atoms with E-state index in [1.165, 1.54) is 5.56 Å². The number of carboxylic acid groups (broad SMARTS) is 1. The monoisotopic (exact) mass is 677 g/mol. The maximum absolute atomic E-state index is 12.2. The first-order valence-corrected chi connectivity index (χ1v) is 17.5. The van der Waals surface area contributed by atoms with Gasteiger partial charge in [-0.1, -0.05) is 110 Å². The first kappa shape index (κ1) is 35.4. The number of nitrogens with one attached hydrogen (secondary N) is 1. The van der Waals surface area contributed by atoms with E-state index in [4.69, 9.17) is 14.6 Å². The fraction of sp³-hybridized carbons (Fsp3) is 0.366. The lowest BCUT2D eigenvalue weighted by Crippen LogP contribution is -2.51. The molecule has 262 valence electrons. The Morgan fingerprint density at radius 3 is 2.12 bits per heavy atom. The summed E-state index contributed by atoms with van der Waals surface area (Å²) in [5.74, 6) is -1.18. The number of aliphatic hydroxyl groups is 1. The van der Waals surface area contributed by atoms with Gasteiger partial charge in [0.05, 0.1) is 25.2 Å². The van der Waals surface area contributed by atoms with Crippen LogP contribution < -0.4 is 5.32 Å². The van der Waals surface area contributed by atoms with E-state index in [-0.39, 0.29) is 43.5 Å². The fourth-order valence-electron chi connectivity index (χ4n) is 6.83. The molecule has 0 aliphatic carbocycles. The van der Waals surface area contributed by atoms with E-state index in [9.17, 15) is 14.7 Å². The minimum Gasteiger partial charge on any atom is -0.481 e. The van der Waals surface area contributed by atoms with Gasteiger partial charge >= 0.3 is 5.97 Å². The zero-order valence-electron chi connectivity index (χ0n) is 28.6. The topological polar surface area (TPSA) is 112 Å². The molecular weight excluding hydrogens is 630 g/mol. The van der Waals surface area contributed by atoms with E-state index in [1.54, 1.807) is 0 Å². The lowest BCUT2D eigenvalue weighted by molar-refractivity contribution is -0.276. The van der Waals surface area contributed by atoms with Crippen LogP contribution in [-0.4, -0.2) is 70.7 Å². The molecule has 4 unspecified atom stereocenters. The lowest BCUT2D eigenvalue weighted by atomic mass is 9.89. The SMILES string of the molecule is CC1C(CN2CCN(Cc3ccccc3)CC2)OC(c2ccc(-c3ccccc3CNC(=O)CCC(=O)O)cc2)OC1c1ccc(CO)cc1. The number of amides is 1. The second-order valence-electron chi connectivity index (χ2n) is 13.3. The summed E-state index contributed by atoms with van der Waals surface area (Å²) in [6.45, 7) is 8.28. The number of rotatable bonds is 13. The number of aliphatic hydroxyl groups excluding tert-OH is 1. The Hall–Kier alpha value is -4.38. The molecule has 4 atom stereocenters. The van der Waals surface area contributed by atoms with Crippen LogP contribution in [0.1, 0.15) is 60.0 Å². The molecule has 0 saturated carbocycles. The highest BCUT2D eigenvalue weighted by Gasteiger charge is 2.39. The third-order valence-electron chi connectivity index (χ3n) is 9.83. The maximum Gasteiger partial charge on any atom is 0.303 e. The summed E-state index contributed by atoms with van der Waals surface area (Å²) in [6, 6.07) is 34.7. The van der Waals surface area contributed by atoms with Gasteiger partial charge in [-0.2, -0.15) is 0 Å². The number of piperazine rings is 1. The molecule has 3 N–H and O–H groups in total. The van der Waals surface area contributed by atoms with Crippen LogP contribution in [0.25, 0.3) is 11.1 Å². The normalized spacial score (nSPS) is 21.5. The molecule has 2 saturated heterocycles.